The molecule has 0 saturated carbocycles. The summed E-state index contributed by atoms with van der Waals surface area (Å²) >= 11 is 0. The van der Waals surface area contributed by atoms with Crippen LogP contribution in [0.2, 0.25) is 0 Å². The highest BCUT2D eigenvalue weighted by atomic mass is 19.4. The molecule has 0 radical (unpaired) electrons. The van der Waals surface area contributed by atoms with E-state index in [1.165, 1.54) is 18.3 Å². The molecular formula is C12H9F3N4O. The van der Waals surface area contributed by atoms with E-state index in [2.05, 4.69) is 15.3 Å². The number of alkyl halides is 3. The summed E-state index contributed by atoms with van der Waals surface area (Å²) < 4.78 is 36.9. The second-order valence-electron chi connectivity index (χ2n) is 3.86. The summed E-state index contributed by atoms with van der Waals surface area (Å²) in [5, 5.41) is 2.38. The lowest BCUT2D eigenvalue weighted by Crippen LogP contribution is -2.14. The minimum atomic E-state index is -4.51. The molecule has 20 heavy (non-hydrogen) atoms. The number of pyridine rings is 2. The zero-order chi connectivity index (χ0) is 14.8. The van der Waals surface area contributed by atoms with E-state index in [0.29, 0.717) is 5.69 Å². The second-order valence-corrected chi connectivity index (χ2v) is 3.86. The third-order valence-electron chi connectivity index (χ3n) is 2.33. The highest BCUT2D eigenvalue weighted by Gasteiger charge is 2.32. The van der Waals surface area contributed by atoms with Crippen LogP contribution in [0.3, 0.4) is 0 Å². The molecule has 0 bridgehead atoms. The lowest BCUT2D eigenvalue weighted by atomic mass is 10.3. The Labute approximate surface area is 111 Å². The van der Waals surface area contributed by atoms with Gasteiger partial charge in [0.05, 0.1) is 23.8 Å². The van der Waals surface area contributed by atoms with Crippen LogP contribution in [0, 0.1) is 0 Å². The predicted octanol–water partition coefficient (Wildman–Crippen LogP) is 2.33. The van der Waals surface area contributed by atoms with Crippen molar-refractivity contribution in [1.29, 1.82) is 0 Å². The maximum atomic E-state index is 12.3. The Hall–Kier alpha value is -2.64. The van der Waals surface area contributed by atoms with Gasteiger partial charge in [-0.2, -0.15) is 13.2 Å². The first-order valence-corrected chi connectivity index (χ1v) is 5.42. The van der Waals surface area contributed by atoms with E-state index in [1.54, 1.807) is 0 Å². The molecule has 2 aromatic heterocycles. The largest absolute Gasteiger partial charge is 0.433 e. The average molecular weight is 282 g/mol. The van der Waals surface area contributed by atoms with Gasteiger partial charge in [-0.1, -0.05) is 0 Å². The molecule has 0 saturated heterocycles. The second kappa shape index (κ2) is 5.16. The Balaban J connectivity index is 2.10. The summed E-state index contributed by atoms with van der Waals surface area (Å²) in [6.07, 6.45) is -2.28. The Kier molecular flexibility index (Phi) is 3.55. The maximum absolute atomic E-state index is 12.3. The molecule has 5 nitrogen and oxygen atoms in total. The number of carbonyl (C=O) groups is 1. The van der Waals surface area contributed by atoms with Gasteiger partial charge < -0.3 is 11.1 Å². The first kappa shape index (κ1) is 13.8. The molecule has 0 unspecified atom stereocenters. The zero-order valence-corrected chi connectivity index (χ0v) is 9.98. The molecule has 0 aliphatic heterocycles. The van der Waals surface area contributed by atoms with Crippen molar-refractivity contribution in [3.8, 4) is 0 Å². The highest BCUT2D eigenvalue weighted by molar-refractivity contribution is 6.02. The van der Waals surface area contributed by atoms with Gasteiger partial charge in [0.15, 0.2) is 0 Å². The van der Waals surface area contributed by atoms with Gasteiger partial charge in [0.25, 0.3) is 5.91 Å². The van der Waals surface area contributed by atoms with E-state index in [1.807, 2.05) is 0 Å². The number of nitrogen functional groups attached to an aromatic ring is 1. The first-order valence-electron chi connectivity index (χ1n) is 5.42. The Bertz CT molecular complexity index is 608. The fourth-order valence-electron chi connectivity index (χ4n) is 1.37. The summed E-state index contributed by atoms with van der Waals surface area (Å²) in [6.45, 7) is 0. The molecule has 2 rings (SSSR count). The molecule has 0 fully saturated rings. The normalized spacial score (nSPS) is 11.2. The van der Waals surface area contributed by atoms with E-state index in [4.69, 9.17) is 5.73 Å². The number of amides is 1. The minimum Gasteiger partial charge on any atom is -0.397 e. The molecule has 0 spiro atoms. The molecular weight excluding hydrogens is 273 g/mol. The smallest absolute Gasteiger partial charge is 0.397 e. The van der Waals surface area contributed by atoms with Crippen LogP contribution in [-0.2, 0) is 6.18 Å². The van der Waals surface area contributed by atoms with Crippen molar-refractivity contribution in [2.45, 2.75) is 6.18 Å². The first-order chi connectivity index (χ1) is 9.36. The van der Waals surface area contributed by atoms with E-state index < -0.39 is 17.8 Å². The summed E-state index contributed by atoms with van der Waals surface area (Å²) in [7, 11) is 0. The van der Waals surface area contributed by atoms with Crippen LogP contribution in [0.15, 0.2) is 36.7 Å². The summed E-state index contributed by atoms with van der Waals surface area (Å²) in [5.74, 6) is -0.563. The molecule has 0 aliphatic rings. The monoisotopic (exact) mass is 282 g/mol. The van der Waals surface area contributed by atoms with E-state index in [-0.39, 0.29) is 11.4 Å². The Morgan fingerprint density at radius 3 is 2.35 bits per heavy atom. The zero-order valence-electron chi connectivity index (χ0n) is 9.98. The van der Waals surface area contributed by atoms with Crippen molar-refractivity contribution in [2.75, 3.05) is 11.1 Å². The van der Waals surface area contributed by atoms with Crippen LogP contribution in [0.1, 0.15) is 16.2 Å². The van der Waals surface area contributed by atoms with E-state index in [0.717, 1.165) is 18.3 Å². The van der Waals surface area contributed by atoms with Crippen molar-refractivity contribution in [3.05, 3.63) is 48.0 Å². The van der Waals surface area contributed by atoms with Crippen LogP contribution >= 0.6 is 0 Å². The summed E-state index contributed by atoms with van der Waals surface area (Å²) in [4.78, 5) is 18.8. The summed E-state index contributed by atoms with van der Waals surface area (Å²) in [5.41, 5.74) is 5.04. The van der Waals surface area contributed by atoms with Crippen molar-refractivity contribution in [2.24, 2.45) is 0 Å². The van der Waals surface area contributed by atoms with Crippen LogP contribution < -0.4 is 11.1 Å². The lowest BCUT2D eigenvalue weighted by molar-refractivity contribution is -0.141. The number of aromatic nitrogens is 2. The number of rotatable bonds is 2. The molecule has 2 aromatic rings. The van der Waals surface area contributed by atoms with Gasteiger partial charge in [-0.15, -0.1) is 0 Å². The molecule has 2 heterocycles. The fourth-order valence-corrected chi connectivity index (χ4v) is 1.37. The maximum Gasteiger partial charge on any atom is 0.433 e. The van der Waals surface area contributed by atoms with Gasteiger partial charge in [-0.3, -0.25) is 4.79 Å². The van der Waals surface area contributed by atoms with Crippen molar-refractivity contribution in [1.82, 2.24) is 9.97 Å². The van der Waals surface area contributed by atoms with Gasteiger partial charge in [0, 0.05) is 0 Å². The fraction of sp³-hybridized carbons (Fsp3) is 0.0833. The van der Waals surface area contributed by atoms with Gasteiger partial charge in [0.2, 0.25) is 0 Å². The predicted molar refractivity (Wildman–Crippen MR) is 65.8 cm³/mol. The van der Waals surface area contributed by atoms with Crippen LogP contribution in [-0.4, -0.2) is 15.9 Å². The van der Waals surface area contributed by atoms with Crippen molar-refractivity contribution < 1.29 is 18.0 Å². The number of nitrogens with zero attached hydrogens (tertiary/aromatic N) is 2. The number of nitrogens with two attached hydrogens (primary N) is 1. The van der Waals surface area contributed by atoms with Crippen molar-refractivity contribution in [3.63, 3.8) is 0 Å². The van der Waals surface area contributed by atoms with Crippen LogP contribution in [0.5, 0.6) is 0 Å². The molecule has 3 N–H and O–H groups in total. The topological polar surface area (TPSA) is 80.9 Å². The average Bonchev–Trinajstić information content (AvgIpc) is 2.39. The highest BCUT2D eigenvalue weighted by Crippen LogP contribution is 2.27. The van der Waals surface area contributed by atoms with Gasteiger partial charge in [-0.05, 0) is 24.3 Å². The third kappa shape index (κ3) is 3.22. The van der Waals surface area contributed by atoms with E-state index >= 15 is 0 Å². The molecule has 1 amide bonds. The Morgan fingerprint density at radius 1 is 1.10 bits per heavy atom. The van der Waals surface area contributed by atoms with Gasteiger partial charge in [0.1, 0.15) is 11.4 Å². The summed E-state index contributed by atoms with van der Waals surface area (Å²) in [6, 6.07) is 4.80. The SMILES string of the molecule is Nc1ccc(C(=O)Nc2ccc(C(F)(F)F)nc2)nc1. The minimum absolute atomic E-state index is 0.0964. The van der Waals surface area contributed by atoms with Crippen LogP contribution in [0.4, 0.5) is 24.5 Å². The number of carbonyl (C=O) groups excluding carboxylic acids is 1. The lowest BCUT2D eigenvalue weighted by Gasteiger charge is -2.07. The number of hydrogen-bond acceptors (Lipinski definition) is 4. The van der Waals surface area contributed by atoms with Crippen LogP contribution in [0.25, 0.3) is 0 Å². The third-order valence-corrected chi connectivity index (χ3v) is 2.33. The molecule has 0 aliphatic carbocycles. The van der Waals surface area contributed by atoms with Crippen molar-refractivity contribution >= 4 is 17.3 Å². The molecule has 0 aromatic carbocycles. The number of nitrogens with one attached hydrogen (secondary N) is 1. The molecule has 8 heteroatoms. The number of hydrogen-bond donors (Lipinski definition) is 2. The number of anilines is 2. The Morgan fingerprint density at radius 2 is 1.85 bits per heavy atom. The van der Waals surface area contributed by atoms with Gasteiger partial charge >= 0.3 is 6.18 Å². The molecule has 104 valence electrons. The number of halogens is 3. The molecule has 0 atom stereocenters. The van der Waals surface area contributed by atoms with E-state index in [9.17, 15) is 18.0 Å². The quantitative estimate of drug-likeness (QED) is 0.885. The van der Waals surface area contributed by atoms with Gasteiger partial charge in [-0.25, -0.2) is 9.97 Å². The standard InChI is InChI=1S/C12H9F3N4O/c13-12(14,15)10-4-2-8(6-18-10)19-11(20)9-3-1-7(16)5-17-9/h1-6H,16H2,(H,19,20).